The molecule has 0 saturated heterocycles. The highest BCUT2D eigenvalue weighted by Crippen LogP contribution is 2.27. The molecule has 2 rings (SSSR count). The maximum Gasteiger partial charge on any atom is 0.253 e. The number of carbonyl (C=O) groups is 1. The topological polar surface area (TPSA) is 55.1 Å². The molecule has 0 radical (unpaired) electrons. The van der Waals surface area contributed by atoms with Crippen LogP contribution in [0.5, 0.6) is 0 Å². The van der Waals surface area contributed by atoms with Gasteiger partial charge in [-0.05, 0) is 49.8 Å². The van der Waals surface area contributed by atoms with E-state index in [4.69, 9.17) is 17.3 Å². The molecule has 0 bridgehead atoms. The van der Waals surface area contributed by atoms with Gasteiger partial charge in [0.05, 0.1) is 10.6 Å². The van der Waals surface area contributed by atoms with Crippen molar-refractivity contribution >= 4 is 29.3 Å². The van der Waals surface area contributed by atoms with Gasteiger partial charge >= 0.3 is 0 Å². The molecule has 3 nitrogen and oxygen atoms in total. The Bertz CT molecular complexity index is 467. The molecule has 0 heterocycles. The van der Waals surface area contributed by atoms with E-state index >= 15 is 0 Å². The molecule has 2 unspecified atom stereocenters. The third-order valence-electron chi connectivity index (χ3n) is 3.70. The van der Waals surface area contributed by atoms with Crippen molar-refractivity contribution in [1.82, 2.24) is 5.32 Å². The Hall–Kier alpha value is -0.710. The lowest BCUT2D eigenvalue weighted by Crippen LogP contribution is -2.39. The number of thioether (sulfide) groups is 1. The van der Waals surface area contributed by atoms with Crippen molar-refractivity contribution in [2.24, 2.45) is 11.7 Å². The molecular weight excluding hydrogens is 280 g/mol. The van der Waals surface area contributed by atoms with Crippen molar-refractivity contribution in [1.29, 1.82) is 0 Å². The number of benzene rings is 1. The molecular formula is C14H19ClN2OS. The van der Waals surface area contributed by atoms with Gasteiger partial charge in [-0.2, -0.15) is 0 Å². The number of amides is 1. The number of hydrogen-bond donors (Lipinski definition) is 2. The molecule has 0 spiro atoms. The minimum Gasteiger partial charge on any atom is -0.349 e. The van der Waals surface area contributed by atoms with Gasteiger partial charge in [0.1, 0.15) is 0 Å². The molecule has 104 valence electrons. The molecule has 1 fully saturated rings. The number of nitrogens with two attached hydrogens (primary N) is 1. The molecule has 19 heavy (non-hydrogen) atoms. The lowest BCUT2D eigenvalue weighted by molar-refractivity contribution is 0.0928. The summed E-state index contributed by atoms with van der Waals surface area (Å²) in [6.45, 7) is 0.629. The van der Waals surface area contributed by atoms with Crippen LogP contribution in [0.3, 0.4) is 0 Å². The van der Waals surface area contributed by atoms with Gasteiger partial charge in [-0.25, -0.2) is 0 Å². The lowest BCUT2D eigenvalue weighted by Gasteiger charge is -2.20. The van der Waals surface area contributed by atoms with Gasteiger partial charge in [0.2, 0.25) is 0 Å². The highest BCUT2D eigenvalue weighted by Gasteiger charge is 2.28. The Morgan fingerprint density at radius 2 is 2.32 bits per heavy atom. The molecule has 1 aromatic carbocycles. The summed E-state index contributed by atoms with van der Waals surface area (Å²) in [6, 6.07) is 5.72. The summed E-state index contributed by atoms with van der Waals surface area (Å²) in [5.74, 6) is 0.303. The fourth-order valence-electron chi connectivity index (χ4n) is 2.56. The predicted octanol–water partition coefficient (Wildman–Crippen LogP) is 2.92. The lowest BCUT2D eigenvalue weighted by atomic mass is 10.0. The number of nitrogens with one attached hydrogen (secondary N) is 1. The second-order valence-corrected chi connectivity index (χ2v) is 6.14. The fraction of sp³-hybridized carbons (Fsp3) is 0.500. The molecule has 1 aliphatic carbocycles. The Kier molecular flexibility index (Phi) is 5.13. The first-order valence-corrected chi connectivity index (χ1v) is 8.10. The predicted molar refractivity (Wildman–Crippen MR) is 80.9 cm³/mol. The number of halogens is 1. The Labute approximate surface area is 123 Å². The minimum atomic E-state index is -0.0914. The second-order valence-electron chi connectivity index (χ2n) is 4.85. The van der Waals surface area contributed by atoms with Gasteiger partial charge in [-0.15, -0.1) is 11.8 Å². The van der Waals surface area contributed by atoms with E-state index in [1.807, 2.05) is 18.4 Å². The molecule has 1 saturated carbocycles. The molecule has 1 amide bonds. The number of carbonyl (C=O) groups excluding carboxylic acids is 1. The average molecular weight is 299 g/mol. The molecule has 5 heteroatoms. The van der Waals surface area contributed by atoms with Crippen LogP contribution in [-0.4, -0.2) is 24.7 Å². The van der Waals surface area contributed by atoms with Gasteiger partial charge in [0, 0.05) is 10.9 Å². The summed E-state index contributed by atoms with van der Waals surface area (Å²) >= 11 is 7.71. The van der Waals surface area contributed by atoms with Crippen LogP contribution in [0.4, 0.5) is 0 Å². The van der Waals surface area contributed by atoms with Crippen molar-refractivity contribution in [2.75, 3.05) is 12.8 Å². The highest BCUT2D eigenvalue weighted by molar-refractivity contribution is 7.98. The first kappa shape index (κ1) is 14.7. The first-order chi connectivity index (χ1) is 9.15. The van der Waals surface area contributed by atoms with Crippen LogP contribution in [0, 0.1) is 5.92 Å². The molecule has 1 aliphatic rings. The van der Waals surface area contributed by atoms with Crippen LogP contribution in [0.1, 0.15) is 29.6 Å². The summed E-state index contributed by atoms with van der Waals surface area (Å²) in [5.41, 5.74) is 6.29. The largest absolute Gasteiger partial charge is 0.349 e. The summed E-state index contributed by atoms with van der Waals surface area (Å²) in [7, 11) is 0. The number of rotatable bonds is 4. The smallest absolute Gasteiger partial charge is 0.253 e. The number of hydrogen-bond acceptors (Lipinski definition) is 3. The molecule has 2 atom stereocenters. The molecule has 3 N–H and O–H groups in total. The van der Waals surface area contributed by atoms with E-state index in [9.17, 15) is 4.79 Å². The average Bonchev–Trinajstić information content (AvgIpc) is 2.86. The van der Waals surface area contributed by atoms with Crippen LogP contribution in [0.15, 0.2) is 23.1 Å². The Morgan fingerprint density at radius 3 is 3.00 bits per heavy atom. The van der Waals surface area contributed by atoms with Gasteiger partial charge in [-0.1, -0.05) is 18.0 Å². The van der Waals surface area contributed by atoms with E-state index in [1.54, 1.807) is 17.8 Å². The van der Waals surface area contributed by atoms with E-state index in [0.717, 1.165) is 24.2 Å². The Balaban J connectivity index is 2.11. The van der Waals surface area contributed by atoms with Crippen molar-refractivity contribution in [2.45, 2.75) is 30.2 Å². The van der Waals surface area contributed by atoms with Gasteiger partial charge in [0.15, 0.2) is 0 Å². The summed E-state index contributed by atoms with van der Waals surface area (Å²) in [6.07, 6.45) is 5.21. The van der Waals surface area contributed by atoms with E-state index in [0.29, 0.717) is 23.0 Å². The fourth-order valence-corrected chi connectivity index (χ4v) is 3.20. The molecule has 0 aliphatic heterocycles. The van der Waals surface area contributed by atoms with E-state index in [2.05, 4.69) is 5.32 Å². The summed E-state index contributed by atoms with van der Waals surface area (Å²) in [5, 5.41) is 3.57. The zero-order valence-corrected chi connectivity index (χ0v) is 12.6. The summed E-state index contributed by atoms with van der Waals surface area (Å²) in [4.78, 5) is 13.3. The monoisotopic (exact) mass is 298 g/mol. The molecule has 0 aromatic heterocycles. The SMILES string of the molecule is CSc1ccc(Cl)c(C(=O)NC2CCCC2CN)c1. The molecule has 1 aromatic rings. The zero-order chi connectivity index (χ0) is 13.8. The van der Waals surface area contributed by atoms with Crippen LogP contribution < -0.4 is 11.1 Å². The van der Waals surface area contributed by atoms with E-state index in [1.165, 1.54) is 0 Å². The Morgan fingerprint density at radius 1 is 1.53 bits per heavy atom. The standard InChI is InChI=1S/C14H19ClN2OS/c1-19-10-5-6-12(15)11(7-10)14(18)17-13-4-2-3-9(13)8-16/h5-7,9,13H,2-4,8,16H2,1H3,(H,17,18). The highest BCUT2D eigenvalue weighted by atomic mass is 35.5. The van der Waals surface area contributed by atoms with Gasteiger partial charge in [-0.3, -0.25) is 4.79 Å². The first-order valence-electron chi connectivity index (χ1n) is 6.50. The van der Waals surface area contributed by atoms with Crippen molar-refractivity contribution in [3.8, 4) is 0 Å². The maximum absolute atomic E-state index is 12.3. The normalized spacial score (nSPS) is 22.5. The van der Waals surface area contributed by atoms with E-state index < -0.39 is 0 Å². The van der Waals surface area contributed by atoms with Gasteiger partial charge < -0.3 is 11.1 Å². The van der Waals surface area contributed by atoms with Crippen LogP contribution in [0.2, 0.25) is 5.02 Å². The second kappa shape index (κ2) is 6.64. The zero-order valence-electron chi connectivity index (χ0n) is 11.0. The van der Waals surface area contributed by atoms with Crippen molar-refractivity contribution in [3.05, 3.63) is 28.8 Å². The van der Waals surface area contributed by atoms with Crippen molar-refractivity contribution in [3.63, 3.8) is 0 Å². The van der Waals surface area contributed by atoms with Gasteiger partial charge in [0.25, 0.3) is 5.91 Å². The maximum atomic E-state index is 12.3. The van der Waals surface area contributed by atoms with Crippen molar-refractivity contribution < 1.29 is 4.79 Å². The van der Waals surface area contributed by atoms with Crippen LogP contribution in [0.25, 0.3) is 0 Å². The minimum absolute atomic E-state index is 0.0914. The van der Waals surface area contributed by atoms with Crippen LogP contribution >= 0.6 is 23.4 Å². The summed E-state index contributed by atoms with van der Waals surface area (Å²) < 4.78 is 0. The third-order valence-corrected chi connectivity index (χ3v) is 4.75. The van der Waals surface area contributed by atoms with E-state index in [-0.39, 0.29) is 11.9 Å². The quantitative estimate of drug-likeness (QED) is 0.840. The van der Waals surface area contributed by atoms with Crippen LogP contribution in [-0.2, 0) is 0 Å². The third kappa shape index (κ3) is 3.44.